The molecule has 0 aliphatic heterocycles. The van der Waals surface area contributed by atoms with E-state index in [-0.39, 0.29) is 39.9 Å². The molecule has 0 aromatic carbocycles. The SMILES string of the molecule is Cc1nonc1C(=O)N[C@H](C(=O)Nc1cn([C@@H](CC(F)F)c2cc(Cl)n[nH]c2=O)nc1F)C(C1CC1)C1CC1. The smallest absolute Gasteiger partial charge is 0.276 e. The Morgan fingerprint density at radius 2 is 1.92 bits per heavy atom. The number of nitrogens with one attached hydrogen (secondary N) is 3. The van der Waals surface area contributed by atoms with E-state index in [1.54, 1.807) is 0 Å². The summed E-state index contributed by atoms with van der Waals surface area (Å²) in [5.74, 6) is -2.27. The molecule has 2 fully saturated rings. The molecule has 2 aliphatic carbocycles. The van der Waals surface area contributed by atoms with E-state index in [4.69, 9.17) is 11.6 Å². The molecule has 3 aromatic rings. The fraction of sp³-hybridized carbons (Fsp3) is 0.522. The maximum absolute atomic E-state index is 14.9. The molecule has 0 bridgehead atoms. The van der Waals surface area contributed by atoms with Crippen LogP contribution < -0.4 is 16.2 Å². The average molecular weight is 569 g/mol. The summed E-state index contributed by atoms with van der Waals surface area (Å²) in [5.41, 5.74) is -1.25. The first-order valence-corrected chi connectivity index (χ1v) is 12.7. The number of hydrogen-bond donors (Lipinski definition) is 3. The molecule has 0 spiro atoms. The normalized spacial score (nSPS) is 16.9. The standard InChI is InChI=1S/C23H24ClF3N8O4/c1-9-18(34-39-33-9)22(37)29-19(17(10-2-3-10)11-4-5-11)23(38)28-13-8-35(32-20(13)27)14(7-16(25)26)12-6-15(24)30-31-21(12)36/h6,8,10-11,14,16-17,19H,2-5,7H2,1H3,(H,28,38)(H,29,37)(H,31,36)/t14-,19-/m0/s1. The van der Waals surface area contributed by atoms with Gasteiger partial charge in [0.2, 0.25) is 12.3 Å². The number of rotatable bonds is 11. The highest BCUT2D eigenvalue weighted by Gasteiger charge is 2.48. The summed E-state index contributed by atoms with van der Waals surface area (Å²) >= 11 is 5.83. The number of H-pyrrole nitrogens is 1. The Balaban J connectivity index is 1.42. The third-order valence-electron chi connectivity index (χ3n) is 6.98. The van der Waals surface area contributed by atoms with Crippen LogP contribution in [0, 0.1) is 30.6 Å². The Morgan fingerprint density at radius 1 is 1.23 bits per heavy atom. The summed E-state index contributed by atoms with van der Waals surface area (Å²) in [6, 6.07) is -1.35. The van der Waals surface area contributed by atoms with Crippen molar-refractivity contribution in [3.63, 3.8) is 0 Å². The number of aryl methyl sites for hydroxylation is 1. The Morgan fingerprint density at radius 3 is 2.51 bits per heavy atom. The highest BCUT2D eigenvalue weighted by Crippen LogP contribution is 2.51. The number of alkyl halides is 2. The molecular formula is C23H24ClF3N8O4. The van der Waals surface area contributed by atoms with Gasteiger partial charge in [0, 0.05) is 12.0 Å². The van der Waals surface area contributed by atoms with Gasteiger partial charge >= 0.3 is 0 Å². The van der Waals surface area contributed by atoms with Crippen LogP contribution in [0.2, 0.25) is 5.15 Å². The highest BCUT2D eigenvalue weighted by atomic mass is 35.5. The number of nitrogens with zero attached hydrogens (tertiary/aromatic N) is 5. The van der Waals surface area contributed by atoms with Gasteiger partial charge in [-0.2, -0.15) is 9.49 Å². The van der Waals surface area contributed by atoms with Crippen LogP contribution in [0.1, 0.15) is 59.9 Å². The van der Waals surface area contributed by atoms with Crippen molar-refractivity contribution in [2.75, 3.05) is 5.32 Å². The first-order valence-electron chi connectivity index (χ1n) is 12.3. The van der Waals surface area contributed by atoms with Crippen molar-refractivity contribution in [2.45, 2.75) is 57.5 Å². The Bertz CT molecular complexity index is 1420. The summed E-state index contributed by atoms with van der Waals surface area (Å²) < 4.78 is 47.2. The minimum Gasteiger partial charge on any atom is -0.338 e. The van der Waals surface area contributed by atoms with Gasteiger partial charge in [-0.15, -0.1) is 5.10 Å². The molecule has 3 heterocycles. The zero-order valence-corrected chi connectivity index (χ0v) is 21.3. The van der Waals surface area contributed by atoms with Gasteiger partial charge in [0.25, 0.3) is 17.4 Å². The van der Waals surface area contributed by atoms with Crippen molar-refractivity contribution in [2.24, 2.45) is 17.8 Å². The molecule has 3 aromatic heterocycles. The predicted molar refractivity (Wildman–Crippen MR) is 129 cm³/mol. The molecule has 2 aliphatic rings. The van der Waals surface area contributed by atoms with Crippen molar-refractivity contribution < 1.29 is 27.4 Å². The van der Waals surface area contributed by atoms with Gasteiger partial charge in [-0.1, -0.05) is 16.8 Å². The number of anilines is 1. The number of aromatic amines is 1. The molecule has 0 radical (unpaired) electrons. The van der Waals surface area contributed by atoms with Crippen LogP contribution in [-0.4, -0.2) is 54.6 Å². The summed E-state index contributed by atoms with van der Waals surface area (Å²) in [7, 11) is 0. The molecule has 0 unspecified atom stereocenters. The summed E-state index contributed by atoms with van der Waals surface area (Å²) in [6.07, 6.45) is 0.853. The van der Waals surface area contributed by atoms with Gasteiger partial charge in [0.05, 0.1) is 12.2 Å². The van der Waals surface area contributed by atoms with Crippen LogP contribution >= 0.6 is 11.6 Å². The van der Waals surface area contributed by atoms with Crippen molar-refractivity contribution in [3.05, 3.63) is 50.7 Å². The van der Waals surface area contributed by atoms with Gasteiger partial charge in [-0.3, -0.25) is 19.1 Å². The topological polar surface area (TPSA) is 161 Å². The van der Waals surface area contributed by atoms with Crippen LogP contribution in [0.3, 0.4) is 0 Å². The van der Waals surface area contributed by atoms with E-state index in [0.29, 0.717) is 0 Å². The lowest BCUT2D eigenvalue weighted by Crippen LogP contribution is -2.50. The predicted octanol–water partition coefficient (Wildman–Crippen LogP) is 2.87. The molecule has 2 saturated carbocycles. The summed E-state index contributed by atoms with van der Waals surface area (Å²) in [5, 5.41) is 21.4. The maximum Gasteiger partial charge on any atom is 0.276 e. The number of carbonyl (C=O) groups excluding carboxylic acids is 2. The van der Waals surface area contributed by atoms with E-state index in [1.165, 1.54) is 6.92 Å². The Kier molecular flexibility index (Phi) is 7.42. The molecule has 2 amide bonds. The van der Waals surface area contributed by atoms with Gasteiger partial charge in [0.15, 0.2) is 5.69 Å². The zero-order valence-electron chi connectivity index (χ0n) is 20.5. The van der Waals surface area contributed by atoms with Crippen molar-refractivity contribution in [1.29, 1.82) is 0 Å². The third kappa shape index (κ3) is 5.97. The van der Waals surface area contributed by atoms with Crippen LogP contribution in [0.25, 0.3) is 0 Å². The van der Waals surface area contributed by atoms with E-state index in [2.05, 4.69) is 40.9 Å². The quantitative estimate of drug-likeness (QED) is 0.318. The van der Waals surface area contributed by atoms with Gasteiger partial charge in [-0.05, 0) is 61.6 Å². The van der Waals surface area contributed by atoms with Gasteiger partial charge < -0.3 is 10.6 Å². The largest absolute Gasteiger partial charge is 0.338 e. The first kappa shape index (κ1) is 26.8. The lowest BCUT2D eigenvalue weighted by Gasteiger charge is -2.27. The fourth-order valence-electron chi connectivity index (χ4n) is 4.89. The number of hydrogen-bond acceptors (Lipinski definition) is 8. The second-order valence-corrected chi connectivity index (χ2v) is 10.2. The number of amides is 2. The molecule has 0 saturated heterocycles. The lowest BCUT2D eigenvalue weighted by molar-refractivity contribution is -0.119. The molecule has 2 atom stereocenters. The van der Waals surface area contributed by atoms with E-state index in [0.717, 1.165) is 42.6 Å². The number of carbonyl (C=O) groups is 2. The second kappa shape index (κ2) is 10.8. The molecule has 39 heavy (non-hydrogen) atoms. The number of halogens is 4. The minimum atomic E-state index is -2.88. The van der Waals surface area contributed by atoms with Crippen molar-refractivity contribution in [1.82, 2.24) is 35.6 Å². The summed E-state index contributed by atoms with van der Waals surface area (Å²) in [4.78, 5) is 38.7. The molecule has 5 rings (SSSR count). The monoisotopic (exact) mass is 568 g/mol. The van der Waals surface area contributed by atoms with Crippen LogP contribution in [0.4, 0.5) is 18.9 Å². The second-order valence-electron chi connectivity index (χ2n) is 9.82. The van der Waals surface area contributed by atoms with Crippen LogP contribution in [-0.2, 0) is 4.79 Å². The maximum atomic E-state index is 14.9. The third-order valence-corrected chi connectivity index (χ3v) is 7.17. The minimum absolute atomic E-state index is 0.0757. The molecule has 12 nitrogen and oxygen atoms in total. The van der Waals surface area contributed by atoms with Gasteiger partial charge in [-0.25, -0.2) is 18.5 Å². The van der Waals surface area contributed by atoms with Crippen molar-refractivity contribution in [3.8, 4) is 0 Å². The molecular weight excluding hydrogens is 545 g/mol. The molecule has 16 heteroatoms. The highest BCUT2D eigenvalue weighted by molar-refractivity contribution is 6.29. The molecule has 208 valence electrons. The summed E-state index contributed by atoms with van der Waals surface area (Å²) in [6.45, 7) is 1.53. The van der Waals surface area contributed by atoms with E-state index in [9.17, 15) is 27.6 Å². The number of aromatic nitrogens is 6. The Labute approximate surface area is 223 Å². The van der Waals surface area contributed by atoms with Crippen LogP contribution in [0.5, 0.6) is 0 Å². The van der Waals surface area contributed by atoms with E-state index < -0.39 is 53.9 Å². The Hall–Kier alpha value is -3.75. The fourth-order valence-corrected chi connectivity index (χ4v) is 5.05. The lowest BCUT2D eigenvalue weighted by atomic mass is 9.88. The molecule has 3 N–H and O–H groups in total. The van der Waals surface area contributed by atoms with Crippen molar-refractivity contribution >= 4 is 29.1 Å². The van der Waals surface area contributed by atoms with Gasteiger partial charge in [0.1, 0.15) is 22.6 Å². The first-order chi connectivity index (χ1) is 18.6. The van der Waals surface area contributed by atoms with E-state index >= 15 is 0 Å². The van der Waals surface area contributed by atoms with E-state index in [1.807, 2.05) is 0 Å². The zero-order chi connectivity index (χ0) is 27.8. The average Bonchev–Trinajstić information content (AvgIpc) is 3.81. The van der Waals surface area contributed by atoms with Crippen LogP contribution in [0.15, 0.2) is 21.7 Å².